The van der Waals surface area contributed by atoms with Gasteiger partial charge in [0.15, 0.2) is 0 Å². The molecule has 1 atom stereocenters. The maximum Gasteiger partial charge on any atom is 0.131 e. The maximum absolute atomic E-state index is 4.24. The SMILES string of the molecule is CC1=NNC(C)N=C1C. The molecule has 1 aliphatic rings. The number of nitrogens with zero attached hydrogens (tertiary/aromatic N) is 2. The first kappa shape index (κ1) is 6.26. The number of aliphatic imine (C=N–C) groups is 1. The fourth-order valence-electron chi connectivity index (χ4n) is 0.684. The Hall–Kier alpha value is -0.860. The van der Waals surface area contributed by atoms with E-state index in [1.54, 1.807) is 0 Å². The van der Waals surface area contributed by atoms with Crippen molar-refractivity contribution in [3.8, 4) is 0 Å². The van der Waals surface area contributed by atoms with Crippen molar-refractivity contribution >= 4 is 11.4 Å². The number of hydrazone groups is 1. The van der Waals surface area contributed by atoms with E-state index < -0.39 is 0 Å². The Bertz CT molecular complexity index is 169. The van der Waals surface area contributed by atoms with Gasteiger partial charge in [-0.1, -0.05) is 0 Å². The van der Waals surface area contributed by atoms with Crippen molar-refractivity contribution in [1.82, 2.24) is 5.43 Å². The summed E-state index contributed by atoms with van der Waals surface area (Å²) in [5, 5.41) is 4.03. The molecule has 1 N–H and O–H groups in total. The van der Waals surface area contributed by atoms with Crippen molar-refractivity contribution in [3.63, 3.8) is 0 Å². The smallest absolute Gasteiger partial charge is 0.131 e. The summed E-state index contributed by atoms with van der Waals surface area (Å²) in [6, 6.07) is 0. The van der Waals surface area contributed by atoms with Gasteiger partial charge in [0.05, 0.1) is 11.4 Å². The zero-order chi connectivity index (χ0) is 6.85. The summed E-state index contributed by atoms with van der Waals surface area (Å²) in [6.45, 7) is 5.88. The Kier molecular flexibility index (Phi) is 1.51. The minimum Gasteiger partial charge on any atom is -0.286 e. The summed E-state index contributed by atoms with van der Waals surface area (Å²) in [5.74, 6) is 0. The summed E-state index contributed by atoms with van der Waals surface area (Å²) in [6.07, 6.45) is 0.147. The molecule has 0 aliphatic carbocycles. The summed E-state index contributed by atoms with van der Waals surface area (Å²) in [7, 11) is 0. The van der Waals surface area contributed by atoms with E-state index in [0.29, 0.717) is 0 Å². The van der Waals surface area contributed by atoms with Gasteiger partial charge < -0.3 is 0 Å². The highest BCUT2D eigenvalue weighted by Crippen LogP contribution is 1.94. The topological polar surface area (TPSA) is 36.8 Å². The molecule has 1 rings (SSSR count). The van der Waals surface area contributed by atoms with E-state index >= 15 is 0 Å². The van der Waals surface area contributed by atoms with Crippen LogP contribution in [0.3, 0.4) is 0 Å². The molecule has 1 heterocycles. The van der Waals surface area contributed by atoms with E-state index in [-0.39, 0.29) is 6.17 Å². The molecule has 0 bridgehead atoms. The van der Waals surface area contributed by atoms with Gasteiger partial charge in [-0.3, -0.25) is 10.4 Å². The number of nitrogens with one attached hydrogen (secondary N) is 1. The van der Waals surface area contributed by atoms with Crippen LogP contribution in [0.4, 0.5) is 0 Å². The highest BCUT2D eigenvalue weighted by atomic mass is 15.4. The lowest BCUT2D eigenvalue weighted by atomic mass is 10.3. The van der Waals surface area contributed by atoms with Gasteiger partial charge in [0.1, 0.15) is 6.17 Å². The highest BCUT2D eigenvalue weighted by Gasteiger charge is 2.05. The van der Waals surface area contributed by atoms with Crippen LogP contribution in [0.1, 0.15) is 20.8 Å². The Labute approximate surface area is 54.9 Å². The summed E-state index contributed by atoms with van der Waals surface area (Å²) in [4.78, 5) is 4.24. The van der Waals surface area contributed by atoms with E-state index in [1.165, 1.54) is 0 Å². The first-order chi connectivity index (χ1) is 4.20. The lowest BCUT2D eigenvalue weighted by molar-refractivity contribution is 0.591. The van der Waals surface area contributed by atoms with E-state index in [0.717, 1.165) is 11.4 Å². The number of rotatable bonds is 0. The van der Waals surface area contributed by atoms with Gasteiger partial charge >= 0.3 is 0 Å². The molecule has 9 heavy (non-hydrogen) atoms. The van der Waals surface area contributed by atoms with Gasteiger partial charge in [0.2, 0.25) is 0 Å². The third-order valence-corrected chi connectivity index (χ3v) is 1.33. The summed E-state index contributed by atoms with van der Waals surface area (Å²) < 4.78 is 0. The normalized spacial score (nSPS) is 26.3. The standard InChI is InChI=1S/C6H11N3/c1-4-5(2)8-9-6(3)7-4/h6,9H,1-3H3. The van der Waals surface area contributed by atoms with E-state index in [2.05, 4.69) is 15.5 Å². The molecule has 0 aromatic rings. The largest absolute Gasteiger partial charge is 0.286 e. The molecule has 3 heteroatoms. The average molecular weight is 125 g/mol. The van der Waals surface area contributed by atoms with Crippen LogP contribution in [0.25, 0.3) is 0 Å². The molecule has 1 unspecified atom stereocenters. The Morgan fingerprint density at radius 2 is 2.00 bits per heavy atom. The molecule has 0 fully saturated rings. The second-order valence-electron chi connectivity index (χ2n) is 2.22. The van der Waals surface area contributed by atoms with Gasteiger partial charge in [-0.25, -0.2) is 0 Å². The molecule has 0 saturated heterocycles. The second-order valence-corrected chi connectivity index (χ2v) is 2.22. The van der Waals surface area contributed by atoms with E-state index in [9.17, 15) is 0 Å². The molecule has 0 saturated carbocycles. The molecular formula is C6H11N3. The van der Waals surface area contributed by atoms with Gasteiger partial charge in [-0.2, -0.15) is 5.10 Å². The van der Waals surface area contributed by atoms with Crippen molar-refractivity contribution < 1.29 is 0 Å². The van der Waals surface area contributed by atoms with Crippen LogP contribution >= 0.6 is 0 Å². The monoisotopic (exact) mass is 125 g/mol. The van der Waals surface area contributed by atoms with Gasteiger partial charge in [0, 0.05) is 0 Å². The molecule has 0 aromatic carbocycles. The third kappa shape index (κ3) is 1.28. The molecule has 3 nitrogen and oxygen atoms in total. The molecule has 50 valence electrons. The molecule has 0 radical (unpaired) electrons. The Morgan fingerprint density at radius 3 is 2.44 bits per heavy atom. The molecule has 0 spiro atoms. The second kappa shape index (κ2) is 2.17. The minimum absolute atomic E-state index is 0.147. The van der Waals surface area contributed by atoms with E-state index in [4.69, 9.17) is 0 Å². The fourth-order valence-corrected chi connectivity index (χ4v) is 0.684. The Balaban J connectivity index is 2.75. The van der Waals surface area contributed by atoms with Crippen LogP contribution in [0.15, 0.2) is 10.1 Å². The van der Waals surface area contributed by atoms with Crippen LogP contribution < -0.4 is 5.43 Å². The molecule has 1 aliphatic heterocycles. The fraction of sp³-hybridized carbons (Fsp3) is 0.667. The summed E-state index contributed by atoms with van der Waals surface area (Å²) >= 11 is 0. The molecular weight excluding hydrogens is 114 g/mol. The van der Waals surface area contributed by atoms with Gasteiger partial charge in [0.25, 0.3) is 0 Å². The van der Waals surface area contributed by atoms with Crippen LogP contribution in [-0.2, 0) is 0 Å². The number of hydrogen-bond donors (Lipinski definition) is 1. The quantitative estimate of drug-likeness (QED) is 0.510. The molecule has 0 aromatic heterocycles. The lowest BCUT2D eigenvalue weighted by Gasteiger charge is -2.13. The van der Waals surface area contributed by atoms with Crippen molar-refractivity contribution in [2.75, 3.05) is 0 Å². The first-order valence-corrected chi connectivity index (χ1v) is 3.05. The van der Waals surface area contributed by atoms with Crippen LogP contribution in [0.2, 0.25) is 0 Å². The highest BCUT2D eigenvalue weighted by molar-refractivity contribution is 6.40. The van der Waals surface area contributed by atoms with Crippen LogP contribution in [0.5, 0.6) is 0 Å². The van der Waals surface area contributed by atoms with Crippen LogP contribution in [-0.4, -0.2) is 17.6 Å². The van der Waals surface area contributed by atoms with Crippen molar-refractivity contribution in [2.45, 2.75) is 26.9 Å². The zero-order valence-electron chi connectivity index (χ0n) is 5.97. The lowest BCUT2D eigenvalue weighted by Crippen LogP contribution is -2.28. The average Bonchev–Trinajstić information content (AvgIpc) is 1.80. The van der Waals surface area contributed by atoms with Gasteiger partial charge in [-0.15, -0.1) is 0 Å². The predicted molar refractivity (Wildman–Crippen MR) is 38.8 cm³/mol. The van der Waals surface area contributed by atoms with Crippen LogP contribution in [0, 0.1) is 0 Å². The van der Waals surface area contributed by atoms with Gasteiger partial charge in [-0.05, 0) is 20.8 Å². The Morgan fingerprint density at radius 1 is 1.33 bits per heavy atom. The maximum atomic E-state index is 4.24. The van der Waals surface area contributed by atoms with E-state index in [1.807, 2.05) is 20.8 Å². The predicted octanol–water partition coefficient (Wildman–Crippen LogP) is 0.772. The van der Waals surface area contributed by atoms with Crippen molar-refractivity contribution in [2.24, 2.45) is 10.1 Å². The first-order valence-electron chi connectivity index (χ1n) is 3.05. The zero-order valence-corrected chi connectivity index (χ0v) is 5.97. The minimum atomic E-state index is 0.147. The molecule has 0 amide bonds. The third-order valence-electron chi connectivity index (χ3n) is 1.33. The summed E-state index contributed by atoms with van der Waals surface area (Å²) in [5.41, 5.74) is 4.87. The van der Waals surface area contributed by atoms with Crippen molar-refractivity contribution in [1.29, 1.82) is 0 Å². The number of hydrogen-bond acceptors (Lipinski definition) is 3. The van der Waals surface area contributed by atoms with Crippen molar-refractivity contribution in [3.05, 3.63) is 0 Å².